The Kier molecular flexibility index (Phi) is 3.87. The van der Waals surface area contributed by atoms with Crippen LogP contribution in [0.4, 0.5) is 19.0 Å². The summed E-state index contributed by atoms with van der Waals surface area (Å²) >= 11 is 0. The standard InChI is InChI=1S/C19H17F3N6O/c20-14-11-7-24-18(29)13(11)15(9-6-25-28(8-9)10-3-4-10)27-17(14)26-12-2-1-5-19(21,22)16(12)23/h6,8,10,23H,1-5,7H2,(H,24,29). The van der Waals surface area contributed by atoms with Crippen LogP contribution in [0.3, 0.4) is 0 Å². The molecule has 2 aromatic heterocycles. The lowest BCUT2D eigenvalue weighted by Crippen LogP contribution is -2.38. The van der Waals surface area contributed by atoms with Crippen molar-refractivity contribution in [1.82, 2.24) is 20.1 Å². The van der Waals surface area contributed by atoms with Crippen LogP contribution in [0.15, 0.2) is 17.4 Å². The van der Waals surface area contributed by atoms with Gasteiger partial charge >= 0.3 is 0 Å². The molecule has 29 heavy (non-hydrogen) atoms. The van der Waals surface area contributed by atoms with Gasteiger partial charge in [0, 0.05) is 30.3 Å². The molecule has 2 saturated carbocycles. The molecule has 2 fully saturated rings. The van der Waals surface area contributed by atoms with Crippen LogP contribution in [0, 0.1) is 11.2 Å². The number of carbonyl (C=O) groups excluding carboxylic acids is 1. The van der Waals surface area contributed by atoms with Crippen molar-refractivity contribution < 1.29 is 18.0 Å². The van der Waals surface area contributed by atoms with Crippen LogP contribution in [0.25, 0.3) is 11.3 Å². The smallest absolute Gasteiger partial charge is 0.290 e. The van der Waals surface area contributed by atoms with Crippen LogP contribution < -0.4 is 5.32 Å². The van der Waals surface area contributed by atoms with E-state index >= 15 is 4.39 Å². The molecule has 0 saturated heterocycles. The van der Waals surface area contributed by atoms with Crippen molar-refractivity contribution in [1.29, 1.82) is 5.41 Å². The van der Waals surface area contributed by atoms with E-state index in [9.17, 15) is 13.6 Å². The molecule has 0 radical (unpaired) electrons. The first-order valence-electron chi connectivity index (χ1n) is 9.45. The lowest BCUT2D eigenvalue weighted by atomic mass is 9.92. The molecule has 3 aliphatic rings. The zero-order valence-corrected chi connectivity index (χ0v) is 15.3. The van der Waals surface area contributed by atoms with Crippen molar-refractivity contribution in [3.05, 3.63) is 29.3 Å². The lowest BCUT2D eigenvalue weighted by Gasteiger charge is -2.23. The predicted octanol–water partition coefficient (Wildman–Crippen LogP) is 3.57. The van der Waals surface area contributed by atoms with Crippen molar-refractivity contribution in [3.63, 3.8) is 0 Å². The number of nitrogens with one attached hydrogen (secondary N) is 2. The molecule has 2 aromatic rings. The van der Waals surface area contributed by atoms with Crippen molar-refractivity contribution in [2.45, 2.75) is 50.6 Å². The van der Waals surface area contributed by atoms with Gasteiger partial charge in [0.15, 0.2) is 11.6 Å². The molecule has 0 spiro atoms. The number of nitrogens with zero attached hydrogens (tertiary/aromatic N) is 4. The normalized spacial score (nSPS) is 22.1. The number of fused-ring (bicyclic) bond motifs is 1. The summed E-state index contributed by atoms with van der Waals surface area (Å²) in [6.07, 6.45) is 5.23. The van der Waals surface area contributed by atoms with E-state index in [4.69, 9.17) is 5.41 Å². The molecule has 3 heterocycles. The van der Waals surface area contributed by atoms with Gasteiger partial charge in [-0.2, -0.15) is 13.9 Å². The molecule has 2 N–H and O–H groups in total. The highest BCUT2D eigenvalue weighted by Gasteiger charge is 2.41. The van der Waals surface area contributed by atoms with Crippen LogP contribution in [0.1, 0.15) is 54.1 Å². The summed E-state index contributed by atoms with van der Waals surface area (Å²) in [6.45, 7) is -0.0300. The van der Waals surface area contributed by atoms with Crippen molar-refractivity contribution in [3.8, 4) is 11.3 Å². The van der Waals surface area contributed by atoms with Crippen molar-refractivity contribution in [2.75, 3.05) is 0 Å². The Morgan fingerprint density at radius 1 is 1.34 bits per heavy atom. The summed E-state index contributed by atoms with van der Waals surface area (Å²) in [5.41, 5.74) is -0.0989. The number of hydrogen-bond donors (Lipinski definition) is 2. The third-order valence-corrected chi connectivity index (χ3v) is 5.47. The summed E-state index contributed by atoms with van der Waals surface area (Å²) in [5.74, 6) is -4.94. The Balaban J connectivity index is 1.64. The van der Waals surface area contributed by atoms with Gasteiger partial charge in [-0.1, -0.05) is 0 Å². The third-order valence-electron chi connectivity index (χ3n) is 5.47. The number of amides is 1. The number of halogens is 3. The number of carbonyl (C=O) groups is 1. The van der Waals surface area contributed by atoms with Gasteiger partial charge in [-0.3, -0.25) is 14.9 Å². The maximum Gasteiger partial charge on any atom is 0.290 e. The monoisotopic (exact) mass is 402 g/mol. The van der Waals surface area contributed by atoms with Gasteiger partial charge in [0.25, 0.3) is 11.8 Å². The summed E-state index contributed by atoms with van der Waals surface area (Å²) in [6, 6.07) is 0.315. The molecular weight excluding hydrogens is 385 g/mol. The van der Waals surface area contributed by atoms with Gasteiger partial charge in [0.1, 0.15) is 5.71 Å². The molecule has 5 rings (SSSR count). The number of aliphatic imine (C=N–C) groups is 1. The van der Waals surface area contributed by atoms with Gasteiger partial charge in [-0.05, 0) is 25.7 Å². The topological polar surface area (TPSA) is 96.0 Å². The van der Waals surface area contributed by atoms with E-state index < -0.39 is 29.8 Å². The summed E-state index contributed by atoms with van der Waals surface area (Å²) in [7, 11) is 0. The molecule has 1 aliphatic heterocycles. The fraction of sp³-hybridized carbons (Fsp3) is 0.421. The molecule has 10 heteroatoms. The fourth-order valence-electron chi connectivity index (χ4n) is 3.73. The average Bonchev–Trinajstić information content (AvgIpc) is 3.28. The summed E-state index contributed by atoms with van der Waals surface area (Å²) in [4.78, 5) is 20.5. The van der Waals surface area contributed by atoms with E-state index in [0.717, 1.165) is 12.8 Å². The predicted molar refractivity (Wildman–Crippen MR) is 98.5 cm³/mol. The number of alkyl halides is 2. The van der Waals surface area contributed by atoms with E-state index in [2.05, 4.69) is 20.4 Å². The molecule has 0 bridgehead atoms. The highest BCUT2D eigenvalue weighted by molar-refractivity contribution is 6.44. The first-order valence-corrected chi connectivity index (χ1v) is 9.45. The number of hydrogen-bond acceptors (Lipinski definition) is 5. The average molecular weight is 402 g/mol. The lowest BCUT2D eigenvalue weighted by molar-refractivity contribution is 0.0643. The Labute approximate surface area is 163 Å². The summed E-state index contributed by atoms with van der Waals surface area (Å²) < 4.78 is 44.5. The Hall–Kier alpha value is -3.04. The van der Waals surface area contributed by atoms with Crippen molar-refractivity contribution >= 4 is 23.1 Å². The molecule has 0 aromatic carbocycles. The van der Waals surface area contributed by atoms with Crippen LogP contribution in [-0.2, 0) is 6.54 Å². The first-order chi connectivity index (χ1) is 13.8. The molecule has 1 amide bonds. The SMILES string of the molecule is N=C1C(=Nc2nc(-c3cnn(C4CC4)c3)c3c(c2F)CNC3=O)CCCC1(F)F. The molecular formula is C19H17F3N6O. The second-order valence-electron chi connectivity index (χ2n) is 7.57. The fourth-order valence-corrected chi connectivity index (χ4v) is 3.73. The minimum Gasteiger partial charge on any atom is -0.348 e. The van der Waals surface area contributed by atoms with E-state index in [1.807, 2.05) is 0 Å². The zero-order chi connectivity index (χ0) is 20.3. The minimum atomic E-state index is -3.28. The van der Waals surface area contributed by atoms with Gasteiger partial charge in [-0.25, -0.2) is 14.4 Å². The third kappa shape index (κ3) is 2.93. The quantitative estimate of drug-likeness (QED) is 0.821. The number of pyridine rings is 1. The Morgan fingerprint density at radius 3 is 2.90 bits per heavy atom. The Bertz CT molecular complexity index is 1090. The van der Waals surface area contributed by atoms with Gasteiger partial charge < -0.3 is 5.32 Å². The van der Waals surface area contributed by atoms with E-state index in [-0.39, 0.29) is 47.7 Å². The van der Waals surface area contributed by atoms with Crippen LogP contribution in [0.5, 0.6) is 0 Å². The molecule has 0 unspecified atom stereocenters. The van der Waals surface area contributed by atoms with E-state index in [0.29, 0.717) is 11.6 Å². The zero-order valence-electron chi connectivity index (χ0n) is 15.3. The Morgan fingerprint density at radius 2 is 2.14 bits per heavy atom. The highest BCUT2D eigenvalue weighted by Crippen LogP contribution is 2.38. The second kappa shape index (κ2) is 6.23. The second-order valence-corrected chi connectivity index (χ2v) is 7.57. The first kappa shape index (κ1) is 18.0. The minimum absolute atomic E-state index is 0.0300. The maximum absolute atomic E-state index is 15.0. The van der Waals surface area contributed by atoms with Crippen LogP contribution >= 0.6 is 0 Å². The van der Waals surface area contributed by atoms with Gasteiger partial charge in [0.05, 0.1) is 29.2 Å². The van der Waals surface area contributed by atoms with Gasteiger partial charge in [-0.15, -0.1) is 0 Å². The molecule has 0 atom stereocenters. The number of rotatable bonds is 3. The van der Waals surface area contributed by atoms with E-state index in [1.165, 1.54) is 0 Å². The van der Waals surface area contributed by atoms with Crippen LogP contribution in [0.2, 0.25) is 0 Å². The maximum atomic E-state index is 15.0. The largest absolute Gasteiger partial charge is 0.348 e. The van der Waals surface area contributed by atoms with Gasteiger partial charge in [0.2, 0.25) is 0 Å². The van der Waals surface area contributed by atoms with Crippen molar-refractivity contribution in [2.24, 2.45) is 4.99 Å². The molecule has 2 aliphatic carbocycles. The molecule has 7 nitrogen and oxygen atoms in total. The highest BCUT2D eigenvalue weighted by atomic mass is 19.3. The van der Waals surface area contributed by atoms with E-state index in [1.54, 1.807) is 17.1 Å². The number of aromatic nitrogens is 3. The molecule has 150 valence electrons. The summed E-state index contributed by atoms with van der Waals surface area (Å²) in [5, 5.41) is 14.6. The van der Waals surface area contributed by atoms with Crippen LogP contribution in [-0.4, -0.2) is 38.0 Å².